The van der Waals surface area contributed by atoms with E-state index in [0.29, 0.717) is 23.8 Å². The van der Waals surface area contributed by atoms with Crippen molar-refractivity contribution >= 4 is 11.8 Å². The van der Waals surface area contributed by atoms with Crippen molar-refractivity contribution in [2.45, 2.75) is 46.0 Å². The first-order valence-corrected chi connectivity index (χ1v) is 8.39. The van der Waals surface area contributed by atoms with Crippen LogP contribution in [0.15, 0.2) is 24.3 Å². The highest BCUT2D eigenvalue weighted by Gasteiger charge is 2.21. The van der Waals surface area contributed by atoms with E-state index in [4.69, 9.17) is 4.74 Å². The van der Waals surface area contributed by atoms with Crippen molar-refractivity contribution in [1.29, 1.82) is 0 Å². The van der Waals surface area contributed by atoms with Crippen LogP contribution in [-0.4, -0.2) is 18.4 Å². The second kappa shape index (κ2) is 8.56. The normalized spacial score (nSPS) is 15.3. The summed E-state index contributed by atoms with van der Waals surface area (Å²) >= 11 is 0. The van der Waals surface area contributed by atoms with Crippen LogP contribution in [0.2, 0.25) is 0 Å². The molecule has 0 radical (unpaired) electrons. The first-order valence-electron chi connectivity index (χ1n) is 8.39. The van der Waals surface area contributed by atoms with E-state index in [-0.39, 0.29) is 17.7 Å². The molecule has 0 aromatic heterocycles. The quantitative estimate of drug-likeness (QED) is 0.820. The molecule has 0 saturated heterocycles. The Morgan fingerprint density at radius 1 is 1.17 bits per heavy atom. The maximum absolute atomic E-state index is 12.1. The van der Waals surface area contributed by atoms with E-state index in [0.717, 1.165) is 25.7 Å². The molecule has 0 unspecified atom stereocenters. The summed E-state index contributed by atoms with van der Waals surface area (Å²) in [7, 11) is 0. The molecule has 23 heavy (non-hydrogen) atoms. The van der Waals surface area contributed by atoms with Crippen molar-refractivity contribution in [3.05, 3.63) is 29.8 Å². The van der Waals surface area contributed by atoms with Gasteiger partial charge in [0.15, 0.2) is 0 Å². The van der Waals surface area contributed by atoms with Gasteiger partial charge in [-0.2, -0.15) is 0 Å². The standard InChI is InChI=1S/C18H26N2O3/c1-13(2)12-23-16-10-6-9-15(11-16)18(22)20-19-17(21)14-7-4-3-5-8-14/h6,9-11,13-14H,3-5,7-8,12H2,1-2H3,(H,19,21)(H,20,22). The monoisotopic (exact) mass is 318 g/mol. The Morgan fingerprint density at radius 3 is 2.61 bits per heavy atom. The summed E-state index contributed by atoms with van der Waals surface area (Å²) in [4.78, 5) is 24.2. The Balaban J connectivity index is 1.85. The van der Waals surface area contributed by atoms with Crippen molar-refractivity contribution < 1.29 is 14.3 Å². The molecule has 1 aromatic rings. The third kappa shape index (κ3) is 5.58. The fourth-order valence-electron chi connectivity index (χ4n) is 2.65. The van der Waals surface area contributed by atoms with Gasteiger partial charge in [-0.25, -0.2) is 0 Å². The average Bonchev–Trinajstić information content (AvgIpc) is 2.58. The summed E-state index contributed by atoms with van der Waals surface area (Å²) < 4.78 is 5.61. The van der Waals surface area contributed by atoms with Gasteiger partial charge in [-0.3, -0.25) is 20.4 Å². The molecule has 0 bridgehead atoms. The average molecular weight is 318 g/mol. The Labute approximate surface area is 137 Å². The number of benzene rings is 1. The van der Waals surface area contributed by atoms with Crippen LogP contribution < -0.4 is 15.6 Å². The molecule has 1 saturated carbocycles. The van der Waals surface area contributed by atoms with Gasteiger partial charge in [0.2, 0.25) is 5.91 Å². The lowest BCUT2D eigenvalue weighted by Gasteiger charge is -2.20. The van der Waals surface area contributed by atoms with Crippen LogP contribution in [0.25, 0.3) is 0 Å². The minimum Gasteiger partial charge on any atom is -0.493 e. The molecule has 126 valence electrons. The van der Waals surface area contributed by atoms with Crippen LogP contribution >= 0.6 is 0 Å². The van der Waals surface area contributed by atoms with Crippen molar-refractivity contribution in [1.82, 2.24) is 10.9 Å². The van der Waals surface area contributed by atoms with Crippen molar-refractivity contribution in [3.63, 3.8) is 0 Å². The Hall–Kier alpha value is -2.04. The number of amides is 2. The third-order valence-corrected chi connectivity index (χ3v) is 3.95. The molecule has 1 aromatic carbocycles. The molecule has 1 aliphatic rings. The molecule has 2 rings (SSSR count). The van der Waals surface area contributed by atoms with Crippen LogP contribution in [0.3, 0.4) is 0 Å². The van der Waals surface area contributed by atoms with E-state index in [2.05, 4.69) is 24.7 Å². The molecule has 5 nitrogen and oxygen atoms in total. The second-order valence-electron chi connectivity index (χ2n) is 6.51. The van der Waals surface area contributed by atoms with E-state index in [1.54, 1.807) is 18.2 Å². The molecule has 0 heterocycles. The summed E-state index contributed by atoms with van der Waals surface area (Å²) in [5.41, 5.74) is 5.50. The van der Waals surface area contributed by atoms with Gasteiger partial charge >= 0.3 is 0 Å². The first kappa shape index (κ1) is 17.3. The van der Waals surface area contributed by atoms with Crippen LogP contribution in [0.5, 0.6) is 5.75 Å². The number of carbonyl (C=O) groups is 2. The summed E-state index contributed by atoms with van der Waals surface area (Å²) in [5, 5.41) is 0. The molecular formula is C18H26N2O3. The van der Waals surface area contributed by atoms with Gasteiger partial charge in [-0.15, -0.1) is 0 Å². The van der Waals surface area contributed by atoms with Crippen molar-refractivity contribution in [2.24, 2.45) is 11.8 Å². The Morgan fingerprint density at radius 2 is 1.91 bits per heavy atom. The fourth-order valence-corrected chi connectivity index (χ4v) is 2.65. The predicted octanol–water partition coefficient (Wildman–Crippen LogP) is 3.06. The van der Waals surface area contributed by atoms with E-state index < -0.39 is 0 Å². The molecule has 0 atom stereocenters. The van der Waals surface area contributed by atoms with Gasteiger partial charge in [0.1, 0.15) is 5.75 Å². The molecule has 0 aliphatic heterocycles. The minimum atomic E-state index is -0.329. The lowest BCUT2D eigenvalue weighted by atomic mass is 9.89. The summed E-state index contributed by atoms with van der Waals surface area (Å²) in [5.74, 6) is 0.673. The smallest absolute Gasteiger partial charge is 0.269 e. The van der Waals surface area contributed by atoms with Gasteiger partial charge in [0.05, 0.1) is 6.61 Å². The van der Waals surface area contributed by atoms with Gasteiger partial charge in [0, 0.05) is 11.5 Å². The van der Waals surface area contributed by atoms with Crippen LogP contribution in [0, 0.1) is 11.8 Å². The zero-order valence-electron chi connectivity index (χ0n) is 13.9. The highest BCUT2D eigenvalue weighted by molar-refractivity contribution is 5.95. The second-order valence-corrected chi connectivity index (χ2v) is 6.51. The van der Waals surface area contributed by atoms with Gasteiger partial charge < -0.3 is 4.74 Å². The van der Waals surface area contributed by atoms with Crippen LogP contribution in [0.4, 0.5) is 0 Å². The minimum absolute atomic E-state index is 0.0183. The third-order valence-electron chi connectivity index (χ3n) is 3.95. The number of rotatable bonds is 5. The Kier molecular flexibility index (Phi) is 6.44. The first-order chi connectivity index (χ1) is 11.1. The van der Waals surface area contributed by atoms with Crippen molar-refractivity contribution in [2.75, 3.05) is 6.61 Å². The lowest BCUT2D eigenvalue weighted by molar-refractivity contribution is -0.126. The van der Waals surface area contributed by atoms with Crippen LogP contribution in [0.1, 0.15) is 56.3 Å². The molecule has 5 heteroatoms. The zero-order valence-corrected chi connectivity index (χ0v) is 13.9. The number of hydrogen-bond donors (Lipinski definition) is 2. The SMILES string of the molecule is CC(C)COc1cccc(C(=O)NNC(=O)C2CCCCC2)c1. The highest BCUT2D eigenvalue weighted by atomic mass is 16.5. The molecule has 2 N–H and O–H groups in total. The van der Waals surface area contributed by atoms with Gasteiger partial charge in [0.25, 0.3) is 5.91 Å². The molecule has 1 aliphatic carbocycles. The van der Waals surface area contributed by atoms with Gasteiger partial charge in [-0.05, 0) is 37.0 Å². The molecule has 0 spiro atoms. The number of nitrogens with one attached hydrogen (secondary N) is 2. The van der Waals surface area contributed by atoms with E-state index in [9.17, 15) is 9.59 Å². The molecule has 1 fully saturated rings. The van der Waals surface area contributed by atoms with E-state index in [1.807, 2.05) is 6.07 Å². The largest absolute Gasteiger partial charge is 0.493 e. The highest BCUT2D eigenvalue weighted by Crippen LogP contribution is 2.23. The van der Waals surface area contributed by atoms with E-state index in [1.165, 1.54) is 6.42 Å². The fraction of sp³-hybridized carbons (Fsp3) is 0.556. The Bertz CT molecular complexity index is 537. The zero-order chi connectivity index (χ0) is 16.7. The predicted molar refractivity (Wildman–Crippen MR) is 89.0 cm³/mol. The topological polar surface area (TPSA) is 67.4 Å². The number of hydrogen-bond acceptors (Lipinski definition) is 3. The van der Waals surface area contributed by atoms with Crippen LogP contribution in [-0.2, 0) is 4.79 Å². The van der Waals surface area contributed by atoms with E-state index >= 15 is 0 Å². The number of ether oxygens (including phenoxy) is 1. The van der Waals surface area contributed by atoms with Crippen molar-refractivity contribution in [3.8, 4) is 5.75 Å². The summed E-state index contributed by atoms with van der Waals surface area (Å²) in [6.45, 7) is 4.73. The molecule has 2 amide bonds. The maximum atomic E-state index is 12.1. The summed E-state index contributed by atoms with van der Waals surface area (Å²) in [6, 6.07) is 6.97. The van der Waals surface area contributed by atoms with Gasteiger partial charge in [-0.1, -0.05) is 39.2 Å². The molecular weight excluding hydrogens is 292 g/mol. The number of hydrazine groups is 1. The lowest BCUT2D eigenvalue weighted by Crippen LogP contribution is -2.44. The summed E-state index contributed by atoms with van der Waals surface area (Å²) in [6.07, 6.45) is 5.17. The maximum Gasteiger partial charge on any atom is 0.269 e. The number of carbonyl (C=O) groups excluding carboxylic acids is 2.